The number of rotatable bonds is 2. The van der Waals surface area contributed by atoms with E-state index in [0.29, 0.717) is 0 Å². The lowest BCUT2D eigenvalue weighted by Crippen LogP contribution is -2.34. The van der Waals surface area contributed by atoms with Crippen LogP contribution >= 0.6 is 0 Å². The number of fused-ring (bicyclic) bond motifs is 1. The van der Waals surface area contributed by atoms with Crippen molar-refractivity contribution in [2.24, 2.45) is 5.73 Å². The molecule has 0 aliphatic carbocycles. The quantitative estimate of drug-likeness (QED) is 0.769. The van der Waals surface area contributed by atoms with Crippen LogP contribution in [0, 0.1) is 5.82 Å². The van der Waals surface area contributed by atoms with Crippen LogP contribution in [0.15, 0.2) is 60.8 Å². The Hall–Kier alpha value is -2.26. The molecule has 0 saturated heterocycles. The number of hydrogen-bond acceptors (Lipinski definition) is 2. The number of nitrogens with zero attached hydrogens (tertiary/aromatic N) is 1. The van der Waals surface area contributed by atoms with E-state index in [9.17, 15) is 4.39 Å². The van der Waals surface area contributed by atoms with E-state index < -0.39 is 5.54 Å². The standard InChI is InChI=1S/C17H15FN2/c1-17(19,13-7-3-8-14(18)11-13)15-9-2-5-12-6-4-10-20-16(12)15/h2-11H,19H2,1H3. The lowest BCUT2D eigenvalue weighted by atomic mass is 9.84. The third-order valence-electron chi connectivity index (χ3n) is 3.62. The highest BCUT2D eigenvalue weighted by Gasteiger charge is 2.26. The number of pyridine rings is 1. The molecule has 0 saturated carbocycles. The first kappa shape index (κ1) is 12.8. The summed E-state index contributed by atoms with van der Waals surface area (Å²) in [5, 5.41) is 1.03. The first-order chi connectivity index (χ1) is 9.59. The zero-order valence-electron chi connectivity index (χ0n) is 11.2. The Bertz CT molecular complexity index is 760. The molecule has 2 aromatic carbocycles. The molecule has 20 heavy (non-hydrogen) atoms. The van der Waals surface area contributed by atoms with Gasteiger partial charge in [-0.3, -0.25) is 4.98 Å². The summed E-state index contributed by atoms with van der Waals surface area (Å²) < 4.78 is 13.5. The largest absolute Gasteiger partial charge is 0.318 e. The van der Waals surface area contributed by atoms with Gasteiger partial charge in [0.05, 0.1) is 11.1 Å². The molecule has 0 fully saturated rings. The van der Waals surface area contributed by atoms with Crippen LogP contribution in [0.2, 0.25) is 0 Å². The maximum Gasteiger partial charge on any atom is 0.123 e. The fraction of sp³-hybridized carbons (Fsp3) is 0.118. The van der Waals surface area contributed by atoms with Crippen molar-refractivity contribution < 1.29 is 4.39 Å². The third-order valence-corrected chi connectivity index (χ3v) is 3.62. The van der Waals surface area contributed by atoms with E-state index in [1.165, 1.54) is 12.1 Å². The van der Waals surface area contributed by atoms with Crippen molar-refractivity contribution in [2.45, 2.75) is 12.5 Å². The molecule has 0 aliphatic rings. The van der Waals surface area contributed by atoms with Crippen LogP contribution in [0.1, 0.15) is 18.1 Å². The second-order valence-electron chi connectivity index (χ2n) is 5.09. The Labute approximate surface area is 117 Å². The molecular formula is C17H15FN2. The molecule has 0 aliphatic heterocycles. The smallest absolute Gasteiger partial charge is 0.123 e. The van der Waals surface area contributed by atoms with Crippen molar-refractivity contribution in [1.82, 2.24) is 4.98 Å². The highest BCUT2D eigenvalue weighted by atomic mass is 19.1. The first-order valence-corrected chi connectivity index (χ1v) is 6.48. The van der Waals surface area contributed by atoms with Gasteiger partial charge in [-0.2, -0.15) is 0 Å². The Kier molecular flexibility index (Phi) is 2.99. The van der Waals surface area contributed by atoms with E-state index in [-0.39, 0.29) is 5.82 Å². The molecule has 3 rings (SSSR count). The second kappa shape index (κ2) is 4.69. The monoisotopic (exact) mass is 266 g/mol. The van der Waals surface area contributed by atoms with Crippen LogP contribution in [0.5, 0.6) is 0 Å². The number of aromatic nitrogens is 1. The molecule has 0 amide bonds. The predicted molar refractivity (Wildman–Crippen MR) is 78.8 cm³/mol. The van der Waals surface area contributed by atoms with Crippen molar-refractivity contribution in [1.29, 1.82) is 0 Å². The van der Waals surface area contributed by atoms with Gasteiger partial charge in [-0.15, -0.1) is 0 Å². The maximum absolute atomic E-state index is 13.5. The fourth-order valence-electron chi connectivity index (χ4n) is 2.49. The van der Waals surface area contributed by atoms with Crippen LogP contribution in [0.3, 0.4) is 0 Å². The topological polar surface area (TPSA) is 38.9 Å². The second-order valence-corrected chi connectivity index (χ2v) is 5.09. The minimum atomic E-state index is -0.796. The van der Waals surface area contributed by atoms with Gasteiger partial charge in [-0.1, -0.05) is 36.4 Å². The minimum Gasteiger partial charge on any atom is -0.318 e. The highest BCUT2D eigenvalue weighted by Crippen LogP contribution is 2.31. The number of halogens is 1. The summed E-state index contributed by atoms with van der Waals surface area (Å²) in [6.45, 7) is 1.88. The SMILES string of the molecule is CC(N)(c1cccc(F)c1)c1cccc2cccnc12. The van der Waals surface area contributed by atoms with Gasteiger partial charge in [0.2, 0.25) is 0 Å². The molecule has 0 radical (unpaired) electrons. The molecule has 0 bridgehead atoms. The van der Waals surface area contributed by atoms with E-state index >= 15 is 0 Å². The molecule has 2 nitrogen and oxygen atoms in total. The summed E-state index contributed by atoms with van der Waals surface area (Å²) in [6, 6.07) is 16.2. The molecule has 3 aromatic rings. The normalized spacial score (nSPS) is 14.2. The van der Waals surface area contributed by atoms with Crippen molar-refractivity contribution in [2.75, 3.05) is 0 Å². The van der Waals surface area contributed by atoms with Crippen LogP contribution in [-0.2, 0) is 5.54 Å². The van der Waals surface area contributed by atoms with E-state index in [2.05, 4.69) is 4.98 Å². The van der Waals surface area contributed by atoms with E-state index in [4.69, 9.17) is 5.73 Å². The van der Waals surface area contributed by atoms with Crippen LogP contribution in [0.4, 0.5) is 4.39 Å². The van der Waals surface area contributed by atoms with Crippen LogP contribution in [0.25, 0.3) is 10.9 Å². The van der Waals surface area contributed by atoms with Gasteiger partial charge in [-0.05, 0) is 30.7 Å². The molecule has 1 unspecified atom stereocenters. The Morgan fingerprint density at radius 1 is 1.05 bits per heavy atom. The minimum absolute atomic E-state index is 0.285. The van der Waals surface area contributed by atoms with Crippen molar-refractivity contribution in [3.63, 3.8) is 0 Å². The summed E-state index contributed by atoms with van der Waals surface area (Å²) in [5.41, 5.74) is 8.17. The van der Waals surface area contributed by atoms with Gasteiger partial charge >= 0.3 is 0 Å². The summed E-state index contributed by atoms with van der Waals surface area (Å²) in [6.07, 6.45) is 1.74. The molecule has 3 heteroatoms. The van der Waals surface area contributed by atoms with Crippen molar-refractivity contribution in [3.8, 4) is 0 Å². The van der Waals surface area contributed by atoms with E-state index in [1.807, 2.05) is 43.3 Å². The van der Waals surface area contributed by atoms with Crippen LogP contribution < -0.4 is 5.73 Å². The molecule has 1 aromatic heterocycles. The molecular weight excluding hydrogens is 251 g/mol. The van der Waals surface area contributed by atoms with Gasteiger partial charge in [0.1, 0.15) is 5.82 Å². The van der Waals surface area contributed by atoms with Gasteiger partial charge in [0.15, 0.2) is 0 Å². The van der Waals surface area contributed by atoms with Crippen molar-refractivity contribution >= 4 is 10.9 Å². The number of para-hydroxylation sites is 1. The number of hydrogen-bond donors (Lipinski definition) is 1. The van der Waals surface area contributed by atoms with Gasteiger partial charge < -0.3 is 5.73 Å². The molecule has 1 heterocycles. The summed E-state index contributed by atoms with van der Waals surface area (Å²) in [5.74, 6) is -0.285. The zero-order valence-corrected chi connectivity index (χ0v) is 11.2. The predicted octanol–water partition coefficient (Wildman–Crippen LogP) is 3.60. The summed E-state index contributed by atoms with van der Waals surface area (Å²) in [7, 11) is 0. The number of nitrogens with two attached hydrogens (primary N) is 1. The summed E-state index contributed by atoms with van der Waals surface area (Å²) >= 11 is 0. The van der Waals surface area contributed by atoms with Gasteiger partial charge in [-0.25, -0.2) is 4.39 Å². The van der Waals surface area contributed by atoms with Gasteiger partial charge in [0, 0.05) is 17.1 Å². The van der Waals surface area contributed by atoms with Crippen molar-refractivity contribution in [3.05, 3.63) is 77.7 Å². The average molecular weight is 266 g/mol. The Balaban J connectivity index is 2.23. The highest BCUT2D eigenvalue weighted by molar-refractivity contribution is 5.83. The van der Waals surface area contributed by atoms with Crippen LogP contribution in [-0.4, -0.2) is 4.98 Å². The zero-order chi connectivity index (χ0) is 14.2. The van der Waals surface area contributed by atoms with E-state index in [0.717, 1.165) is 22.0 Å². The number of benzene rings is 2. The van der Waals surface area contributed by atoms with Gasteiger partial charge in [0.25, 0.3) is 0 Å². The lowest BCUT2D eigenvalue weighted by Gasteiger charge is -2.27. The Morgan fingerprint density at radius 2 is 1.80 bits per heavy atom. The van der Waals surface area contributed by atoms with E-state index in [1.54, 1.807) is 12.3 Å². The fourth-order valence-corrected chi connectivity index (χ4v) is 2.49. The Morgan fingerprint density at radius 3 is 2.60 bits per heavy atom. The first-order valence-electron chi connectivity index (χ1n) is 6.48. The average Bonchev–Trinajstić information content (AvgIpc) is 2.46. The summed E-state index contributed by atoms with van der Waals surface area (Å²) in [4.78, 5) is 4.42. The molecule has 2 N–H and O–H groups in total. The molecule has 0 spiro atoms. The molecule has 100 valence electrons. The third kappa shape index (κ3) is 2.06. The maximum atomic E-state index is 13.5. The molecule has 1 atom stereocenters. The lowest BCUT2D eigenvalue weighted by molar-refractivity contribution is 0.584.